The number of aliphatic hydroxyl groups excluding tert-OH is 1. The van der Waals surface area contributed by atoms with Crippen molar-refractivity contribution in [3.8, 4) is 0 Å². The van der Waals surface area contributed by atoms with Gasteiger partial charge in [-0.3, -0.25) is 4.79 Å². The van der Waals surface area contributed by atoms with Gasteiger partial charge in [-0.05, 0) is 17.7 Å². The Kier molecular flexibility index (Phi) is 4.25. The van der Waals surface area contributed by atoms with E-state index in [2.05, 4.69) is 0 Å². The second-order valence-electron chi connectivity index (χ2n) is 3.82. The van der Waals surface area contributed by atoms with Crippen LogP contribution in [0.2, 0.25) is 0 Å². The summed E-state index contributed by atoms with van der Waals surface area (Å²) in [5, 5.41) is 17.7. The van der Waals surface area contributed by atoms with Crippen molar-refractivity contribution in [1.82, 2.24) is 0 Å². The van der Waals surface area contributed by atoms with Gasteiger partial charge in [0.2, 0.25) is 0 Å². The van der Waals surface area contributed by atoms with Crippen LogP contribution in [-0.2, 0) is 14.6 Å². The topological polar surface area (TPSA) is 91.7 Å². The number of hydrogen-bond acceptors (Lipinski definition) is 4. The van der Waals surface area contributed by atoms with Crippen LogP contribution in [0.25, 0.3) is 0 Å². The van der Waals surface area contributed by atoms with E-state index in [1.807, 2.05) is 0 Å². The molecule has 1 unspecified atom stereocenters. The summed E-state index contributed by atoms with van der Waals surface area (Å²) in [6, 6.07) is 5.88. The van der Waals surface area contributed by atoms with Gasteiger partial charge in [-0.1, -0.05) is 12.1 Å². The first-order valence-electron chi connectivity index (χ1n) is 4.97. The van der Waals surface area contributed by atoms with Crippen LogP contribution in [0.1, 0.15) is 17.9 Å². The van der Waals surface area contributed by atoms with Crippen molar-refractivity contribution in [2.75, 3.05) is 12.9 Å². The van der Waals surface area contributed by atoms with Crippen molar-refractivity contribution >= 4 is 15.8 Å². The molecule has 0 spiro atoms. The zero-order valence-corrected chi connectivity index (χ0v) is 10.1. The summed E-state index contributed by atoms with van der Waals surface area (Å²) in [5.41, 5.74) is 0.613. The molecule has 0 amide bonds. The number of aliphatic hydroxyl groups is 1. The molecule has 0 saturated carbocycles. The molecule has 5 nitrogen and oxygen atoms in total. The van der Waals surface area contributed by atoms with Gasteiger partial charge >= 0.3 is 5.97 Å². The van der Waals surface area contributed by atoms with E-state index in [9.17, 15) is 13.2 Å². The van der Waals surface area contributed by atoms with Crippen molar-refractivity contribution in [3.05, 3.63) is 29.8 Å². The summed E-state index contributed by atoms with van der Waals surface area (Å²) >= 11 is 0. The number of carbonyl (C=O) groups is 1. The second-order valence-corrected chi connectivity index (χ2v) is 5.83. The molecule has 6 heteroatoms. The minimum absolute atomic E-state index is 0.174. The standard InChI is InChI=1S/C11H14O5S/c1-17(15,16)10-4-2-8(3-5-10)9(7-12)6-11(13)14/h2-5,9,12H,6-7H2,1H3,(H,13,14). The minimum atomic E-state index is -3.25. The fourth-order valence-corrected chi connectivity index (χ4v) is 2.12. The largest absolute Gasteiger partial charge is 0.481 e. The van der Waals surface area contributed by atoms with Crippen LogP contribution in [0.4, 0.5) is 0 Å². The highest BCUT2D eigenvalue weighted by Gasteiger charge is 2.15. The lowest BCUT2D eigenvalue weighted by atomic mass is 9.97. The van der Waals surface area contributed by atoms with E-state index < -0.39 is 21.7 Å². The number of carboxylic acids is 1. The van der Waals surface area contributed by atoms with Crippen molar-refractivity contribution in [2.24, 2.45) is 0 Å². The van der Waals surface area contributed by atoms with E-state index in [1.165, 1.54) is 24.3 Å². The first-order chi connectivity index (χ1) is 7.84. The summed E-state index contributed by atoms with van der Waals surface area (Å²) in [5.74, 6) is -1.52. The van der Waals surface area contributed by atoms with Gasteiger partial charge in [-0.2, -0.15) is 0 Å². The smallest absolute Gasteiger partial charge is 0.304 e. The predicted molar refractivity (Wildman–Crippen MR) is 61.6 cm³/mol. The van der Waals surface area contributed by atoms with Crippen LogP contribution < -0.4 is 0 Å². The highest BCUT2D eigenvalue weighted by atomic mass is 32.2. The predicted octanol–water partition coefficient (Wildman–Crippen LogP) is 0.641. The molecule has 0 heterocycles. The van der Waals surface area contributed by atoms with E-state index in [-0.39, 0.29) is 17.9 Å². The molecule has 0 radical (unpaired) electrons. The Morgan fingerprint density at radius 1 is 1.29 bits per heavy atom. The van der Waals surface area contributed by atoms with E-state index in [0.717, 1.165) is 6.26 Å². The van der Waals surface area contributed by atoms with Crippen LogP contribution in [0.5, 0.6) is 0 Å². The molecule has 1 rings (SSSR count). The van der Waals surface area contributed by atoms with Gasteiger partial charge in [0.1, 0.15) is 0 Å². The van der Waals surface area contributed by atoms with Gasteiger partial charge in [0, 0.05) is 12.2 Å². The van der Waals surface area contributed by atoms with Crippen molar-refractivity contribution in [2.45, 2.75) is 17.2 Å². The van der Waals surface area contributed by atoms with Gasteiger partial charge in [0.25, 0.3) is 0 Å². The van der Waals surface area contributed by atoms with Gasteiger partial charge in [0.05, 0.1) is 17.9 Å². The molecule has 1 aromatic carbocycles. The maximum atomic E-state index is 11.2. The molecule has 0 aromatic heterocycles. The Labute approximate surface area is 99.6 Å². The quantitative estimate of drug-likeness (QED) is 0.808. The third kappa shape index (κ3) is 3.83. The van der Waals surface area contributed by atoms with Crippen LogP contribution in [0.15, 0.2) is 29.2 Å². The Bertz CT molecular complexity index is 489. The molecular formula is C11H14O5S. The molecule has 1 atom stereocenters. The van der Waals surface area contributed by atoms with E-state index in [0.29, 0.717) is 5.56 Å². The molecule has 0 saturated heterocycles. The molecule has 2 N–H and O–H groups in total. The Balaban J connectivity index is 2.97. The highest BCUT2D eigenvalue weighted by Crippen LogP contribution is 2.21. The summed E-state index contributed by atoms with van der Waals surface area (Å²) in [4.78, 5) is 10.7. The van der Waals surface area contributed by atoms with Crippen LogP contribution in [-0.4, -0.2) is 37.5 Å². The summed E-state index contributed by atoms with van der Waals surface area (Å²) < 4.78 is 22.4. The first kappa shape index (κ1) is 13.7. The number of hydrogen-bond donors (Lipinski definition) is 2. The zero-order valence-electron chi connectivity index (χ0n) is 9.33. The Morgan fingerprint density at radius 3 is 2.18 bits per heavy atom. The average molecular weight is 258 g/mol. The Morgan fingerprint density at radius 2 is 1.82 bits per heavy atom. The summed E-state index contributed by atoms with van der Waals surface area (Å²) in [7, 11) is -3.25. The van der Waals surface area contributed by atoms with Gasteiger partial charge < -0.3 is 10.2 Å². The molecule has 0 aliphatic carbocycles. The zero-order chi connectivity index (χ0) is 13.1. The fraction of sp³-hybridized carbons (Fsp3) is 0.364. The minimum Gasteiger partial charge on any atom is -0.481 e. The molecule has 1 aromatic rings. The monoisotopic (exact) mass is 258 g/mol. The first-order valence-corrected chi connectivity index (χ1v) is 6.86. The average Bonchev–Trinajstić information content (AvgIpc) is 2.24. The van der Waals surface area contributed by atoms with Crippen molar-refractivity contribution in [3.63, 3.8) is 0 Å². The summed E-state index contributed by atoms with van der Waals surface area (Å²) in [6.07, 6.45) is 0.914. The molecular weight excluding hydrogens is 244 g/mol. The molecule has 94 valence electrons. The van der Waals surface area contributed by atoms with Gasteiger partial charge in [0.15, 0.2) is 9.84 Å². The second kappa shape index (κ2) is 5.29. The van der Waals surface area contributed by atoms with Crippen LogP contribution in [0, 0.1) is 0 Å². The SMILES string of the molecule is CS(=O)(=O)c1ccc(C(CO)CC(=O)O)cc1. The van der Waals surface area contributed by atoms with Gasteiger partial charge in [-0.15, -0.1) is 0 Å². The number of carboxylic acid groups (broad SMARTS) is 1. The molecule has 0 fully saturated rings. The molecule has 17 heavy (non-hydrogen) atoms. The van der Waals surface area contributed by atoms with E-state index in [4.69, 9.17) is 10.2 Å². The number of benzene rings is 1. The Hall–Kier alpha value is -1.40. The third-order valence-electron chi connectivity index (χ3n) is 2.42. The lowest BCUT2D eigenvalue weighted by Crippen LogP contribution is -2.10. The summed E-state index contributed by atoms with van der Waals surface area (Å²) in [6.45, 7) is -0.287. The van der Waals surface area contributed by atoms with E-state index >= 15 is 0 Å². The van der Waals surface area contributed by atoms with Crippen LogP contribution in [0.3, 0.4) is 0 Å². The lowest BCUT2D eigenvalue weighted by molar-refractivity contribution is -0.137. The van der Waals surface area contributed by atoms with Crippen molar-refractivity contribution < 1.29 is 23.4 Å². The molecule has 0 aliphatic heterocycles. The normalized spacial score (nSPS) is 13.3. The van der Waals surface area contributed by atoms with E-state index in [1.54, 1.807) is 0 Å². The maximum absolute atomic E-state index is 11.2. The highest BCUT2D eigenvalue weighted by molar-refractivity contribution is 7.90. The lowest BCUT2D eigenvalue weighted by Gasteiger charge is -2.12. The molecule has 0 bridgehead atoms. The van der Waals surface area contributed by atoms with Crippen LogP contribution >= 0.6 is 0 Å². The van der Waals surface area contributed by atoms with Gasteiger partial charge in [-0.25, -0.2) is 8.42 Å². The number of sulfone groups is 1. The number of aliphatic carboxylic acids is 1. The molecule has 0 aliphatic rings. The fourth-order valence-electron chi connectivity index (χ4n) is 1.49. The third-order valence-corrected chi connectivity index (χ3v) is 3.55. The number of rotatable bonds is 5. The maximum Gasteiger partial charge on any atom is 0.304 e. The van der Waals surface area contributed by atoms with Crippen molar-refractivity contribution in [1.29, 1.82) is 0 Å².